The van der Waals surface area contributed by atoms with Crippen molar-refractivity contribution >= 4 is 11.7 Å². The largest absolute Gasteiger partial charge is 0.497 e. The first kappa shape index (κ1) is 16.8. The van der Waals surface area contributed by atoms with Crippen LogP contribution in [0.4, 0.5) is 10.5 Å². The van der Waals surface area contributed by atoms with E-state index in [1.54, 1.807) is 7.11 Å². The van der Waals surface area contributed by atoms with Gasteiger partial charge in [0.1, 0.15) is 18.1 Å². The van der Waals surface area contributed by atoms with Gasteiger partial charge >= 0.3 is 6.03 Å². The summed E-state index contributed by atoms with van der Waals surface area (Å²) in [6, 6.07) is 11.7. The van der Waals surface area contributed by atoms with Crippen molar-refractivity contribution in [3.8, 4) is 11.5 Å². The van der Waals surface area contributed by atoms with Crippen LogP contribution in [0.15, 0.2) is 36.4 Å². The van der Waals surface area contributed by atoms with E-state index in [1.807, 2.05) is 30.3 Å². The lowest BCUT2D eigenvalue weighted by atomic mass is 9.90. The van der Waals surface area contributed by atoms with Gasteiger partial charge in [-0.05, 0) is 73.1 Å². The second-order valence-corrected chi connectivity index (χ2v) is 6.93. The molecule has 0 saturated carbocycles. The maximum absolute atomic E-state index is 12.5. The minimum atomic E-state index is -0.177. The third-order valence-electron chi connectivity index (χ3n) is 5.15. The maximum atomic E-state index is 12.5. The van der Waals surface area contributed by atoms with Gasteiger partial charge in [0.05, 0.1) is 13.2 Å². The lowest BCUT2D eigenvalue weighted by Crippen LogP contribution is -2.44. The van der Waals surface area contributed by atoms with Gasteiger partial charge in [-0.25, -0.2) is 4.79 Å². The van der Waals surface area contributed by atoms with E-state index in [4.69, 9.17) is 9.47 Å². The van der Waals surface area contributed by atoms with Crippen molar-refractivity contribution in [3.05, 3.63) is 53.1 Å². The zero-order valence-corrected chi connectivity index (χ0v) is 15.0. The fraction of sp³-hybridized carbons (Fsp3) is 0.381. The van der Waals surface area contributed by atoms with Crippen LogP contribution in [0.1, 0.15) is 29.5 Å². The molecule has 0 fully saturated rings. The molecule has 1 heterocycles. The summed E-state index contributed by atoms with van der Waals surface area (Å²) in [4.78, 5) is 12.5. The number of hydrogen-bond donors (Lipinski definition) is 2. The number of benzene rings is 2. The summed E-state index contributed by atoms with van der Waals surface area (Å²) >= 11 is 0. The molecule has 5 nitrogen and oxygen atoms in total. The number of rotatable bonds is 3. The first-order valence-electron chi connectivity index (χ1n) is 9.21. The Morgan fingerprint density at radius 1 is 1.15 bits per heavy atom. The highest BCUT2D eigenvalue weighted by atomic mass is 16.5. The van der Waals surface area contributed by atoms with Gasteiger partial charge in [0.2, 0.25) is 0 Å². The number of carbonyl (C=O) groups is 1. The molecular weight excluding hydrogens is 328 g/mol. The SMILES string of the molecule is COc1ccc2c(c1)CC(NC(=O)Nc1cccc3c1CCCC3)CO2. The number of ether oxygens (including phenoxy) is 2. The van der Waals surface area contributed by atoms with Crippen LogP contribution in [-0.4, -0.2) is 25.8 Å². The van der Waals surface area contributed by atoms with Crippen LogP contribution in [0.25, 0.3) is 0 Å². The standard InChI is InChI=1S/C21H24N2O3/c1-25-17-9-10-20-15(12-17)11-16(13-26-20)22-21(24)23-19-8-4-6-14-5-2-3-7-18(14)19/h4,6,8-10,12,16H,2-3,5,7,11,13H2,1H3,(H2,22,23,24). The van der Waals surface area contributed by atoms with Gasteiger partial charge < -0.3 is 20.1 Å². The molecule has 2 amide bonds. The van der Waals surface area contributed by atoms with Gasteiger partial charge in [0.25, 0.3) is 0 Å². The van der Waals surface area contributed by atoms with Crippen molar-refractivity contribution in [2.24, 2.45) is 0 Å². The van der Waals surface area contributed by atoms with E-state index in [0.717, 1.165) is 42.0 Å². The molecule has 136 valence electrons. The molecule has 0 radical (unpaired) electrons. The Morgan fingerprint density at radius 3 is 2.92 bits per heavy atom. The molecule has 1 unspecified atom stereocenters. The third-order valence-corrected chi connectivity index (χ3v) is 5.15. The Labute approximate surface area is 153 Å². The first-order valence-corrected chi connectivity index (χ1v) is 9.21. The number of fused-ring (bicyclic) bond motifs is 2. The number of methoxy groups -OCH3 is 1. The maximum Gasteiger partial charge on any atom is 0.319 e. The molecule has 2 N–H and O–H groups in total. The Hall–Kier alpha value is -2.69. The quantitative estimate of drug-likeness (QED) is 0.885. The predicted octanol–water partition coefficient (Wildman–Crippen LogP) is 3.70. The van der Waals surface area contributed by atoms with Gasteiger partial charge in [-0.2, -0.15) is 0 Å². The number of urea groups is 1. The van der Waals surface area contributed by atoms with Gasteiger partial charge in [-0.15, -0.1) is 0 Å². The van der Waals surface area contributed by atoms with Gasteiger partial charge in [0, 0.05) is 5.69 Å². The minimum Gasteiger partial charge on any atom is -0.497 e. The van der Waals surface area contributed by atoms with Crippen LogP contribution in [0.2, 0.25) is 0 Å². The molecule has 0 saturated heterocycles. The Bertz CT molecular complexity index is 819. The zero-order chi connectivity index (χ0) is 17.9. The summed E-state index contributed by atoms with van der Waals surface area (Å²) in [5.41, 5.74) is 4.62. The van der Waals surface area contributed by atoms with Crippen LogP contribution >= 0.6 is 0 Å². The molecule has 0 bridgehead atoms. The monoisotopic (exact) mass is 352 g/mol. The normalized spacial score (nSPS) is 18.1. The van der Waals surface area contributed by atoms with Gasteiger partial charge in [-0.1, -0.05) is 12.1 Å². The fourth-order valence-electron chi connectivity index (χ4n) is 3.83. The number of anilines is 1. The second-order valence-electron chi connectivity index (χ2n) is 6.93. The number of amides is 2. The number of aryl methyl sites for hydroxylation is 1. The molecule has 2 aliphatic rings. The van der Waals surface area contributed by atoms with Crippen molar-refractivity contribution in [1.29, 1.82) is 0 Å². The summed E-state index contributed by atoms with van der Waals surface area (Å²) in [5.74, 6) is 1.66. The smallest absolute Gasteiger partial charge is 0.319 e. The molecule has 4 rings (SSSR count). The van der Waals surface area contributed by atoms with E-state index in [2.05, 4.69) is 16.7 Å². The molecule has 5 heteroatoms. The summed E-state index contributed by atoms with van der Waals surface area (Å²) in [6.45, 7) is 0.472. The molecule has 0 spiro atoms. The van der Waals surface area contributed by atoms with Gasteiger partial charge in [0.15, 0.2) is 0 Å². The molecule has 2 aromatic rings. The number of carbonyl (C=O) groups excluding carboxylic acids is 1. The predicted molar refractivity (Wildman–Crippen MR) is 101 cm³/mol. The van der Waals surface area contributed by atoms with Crippen molar-refractivity contribution in [2.45, 2.75) is 38.1 Å². The van der Waals surface area contributed by atoms with Crippen molar-refractivity contribution in [1.82, 2.24) is 5.32 Å². The van der Waals surface area contributed by atoms with Crippen molar-refractivity contribution in [2.75, 3.05) is 19.0 Å². The van der Waals surface area contributed by atoms with Crippen LogP contribution < -0.4 is 20.1 Å². The zero-order valence-electron chi connectivity index (χ0n) is 15.0. The number of hydrogen-bond acceptors (Lipinski definition) is 3. The summed E-state index contributed by atoms with van der Waals surface area (Å²) in [6.07, 6.45) is 5.27. The Balaban J connectivity index is 1.41. The molecule has 1 atom stereocenters. The average Bonchev–Trinajstić information content (AvgIpc) is 2.67. The Kier molecular flexibility index (Phi) is 4.69. The summed E-state index contributed by atoms with van der Waals surface area (Å²) in [5, 5.41) is 6.07. The fourth-order valence-corrected chi connectivity index (χ4v) is 3.83. The average molecular weight is 352 g/mol. The van der Waals surface area contributed by atoms with E-state index >= 15 is 0 Å². The first-order chi connectivity index (χ1) is 12.7. The van der Waals surface area contributed by atoms with Crippen LogP contribution in [0, 0.1) is 0 Å². The van der Waals surface area contributed by atoms with Crippen molar-refractivity contribution < 1.29 is 14.3 Å². The molecule has 0 aromatic heterocycles. The van der Waals surface area contributed by atoms with E-state index in [-0.39, 0.29) is 12.1 Å². The van der Waals surface area contributed by atoms with Crippen molar-refractivity contribution in [3.63, 3.8) is 0 Å². The second kappa shape index (κ2) is 7.28. The molecule has 26 heavy (non-hydrogen) atoms. The molecular formula is C21H24N2O3. The number of nitrogens with one attached hydrogen (secondary N) is 2. The van der Waals surface area contributed by atoms with E-state index < -0.39 is 0 Å². The van der Waals surface area contributed by atoms with Gasteiger partial charge in [-0.3, -0.25) is 0 Å². The molecule has 1 aliphatic heterocycles. The van der Waals surface area contributed by atoms with Crippen LogP contribution in [0.3, 0.4) is 0 Å². The summed E-state index contributed by atoms with van der Waals surface area (Å²) < 4.78 is 11.1. The lowest BCUT2D eigenvalue weighted by molar-refractivity contribution is 0.222. The highest BCUT2D eigenvalue weighted by Crippen LogP contribution is 2.29. The molecule has 1 aliphatic carbocycles. The summed E-state index contributed by atoms with van der Waals surface area (Å²) in [7, 11) is 1.65. The lowest BCUT2D eigenvalue weighted by Gasteiger charge is -2.27. The topological polar surface area (TPSA) is 59.6 Å². The highest BCUT2D eigenvalue weighted by Gasteiger charge is 2.22. The minimum absolute atomic E-state index is 0.0610. The van der Waals surface area contributed by atoms with Crippen LogP contribution in [-0.2, 0) is 19.3 Å². The Morgan fingerprint density at radius 2 is 2.04 bits per heavy atom. The highest BCUT2D eigenvalue weighted by molar-refractivity contribution is 5.90. The van der Waals surface area contributed by atoms with Crippen LogP contribution in [0.5, 0.6) is 11.5 Å². The van der Waals surface area contributed by atoms with E-state index in [0.29, 0.717) is 6.61 Å². The molecule has 2 aromatic carbocycles. The third kappa shape index (κ3) is 3.47. The van der Waals surface area contributed by atoms with E-state index in [9.17, 15) is 4.79 Å². The van der Waals surface area contributed by atoms with E-state index in [1.165, 1.54) is 24.0 Å².